The molecular formula is C20H23N5O4. The van der Waals surface area contributed by atoms with Gasteiger partial charge in [-0.1, -0.05) is 0 Å². The minimum Gasteiger partial charge on any atom is -0.482 e. The molecule has 1 aromatic heterocycles. The number of rotatable bonds is 5. The Balaban J connectivity index is 1.33. The van der Waals surface area contributed by atoms with Crippen LogP contribution in [0.15, 0.2) is 30.9 Å². The normalized spacial score (nSPS) is 17.8. The van der Waals surface area contributed by atoms with Gasteiger partial charge in [0.05, 0.1) is 11.7 Å². The van der Waals surface area contributed by atoms with E-state index in [-0.39, 0.29) is 36.2 Å². The van der Waals surface area contributed by atoms with E-state index in [1.165, 1.54) is 6.33 Å². The van der Waals surface area contributed by atoms with Crippen molar-refractivity contribution in [2.24, 2.45) is 5.92 Å². The summed E-state index contributed by atoms with van der Waals surface area (Å²) in [6.45, 7) is 3.04. The molecule has 3 heterocycles. The van der Waals surface area contributed by atoms with E-state index in [9.17, 15) is 14.4 Å². The number of hydrogen-bond donors (Lipinski definition) is 1. The molecule has 0 bridgehead atoms. The Kier molecular flexibility index (Phi) is 5.28. The molecule has 152 valence electrons. The van der Waals surface area contributed by atoms with Gasteiger partial charge in [-0.05, 0) is 38.0 Å². The smallest absolute Gasteiger partial charge is 0.262 e. The Morgan fingerprint density at radius 3 is 2.83 bits per heavy atom. The number of benzene rings is 1. The highest BCUT2D eigenvalue weighted by molar-refractivity contribution is 6.01. The number of anilines is 1. The lowest BCUT2D eigenvalue weighted by atomic mass is 9.88. The lowest BCUT2D eigenvalue weighted by Crippen LogP contribution is -2.41. The fourth-order valence-electron chi connectivity index (χ4n) is 3.78. The van der Waals surface area contributed by atoms with E-state index >= 15 is 0 Å². The Labute approximate surface area is 168 Å². The van der Waals surface area contributed by atoms with Gasteiger partial charge in [0.25, 0.3) is 5.91 Å². The SMILES string of the molecule is CC(CC(=O)N1CCC(C(=O)c2ccc3c(c2)NC(=O)CO3)CC1)n1cncn1. The van der Waals surface area contributed by atoms with Crippen LogP contribution in [0.1, 0.15) is 42.6 Å². The minimum absolute atomic E-state index is 0.0116. The first kappa shape index (κ1) is 19.1. The zero-order valence-electron chi connectivity index (χ0n) is 16.2. The van der Waals surface area contributed by atoms with Crippen LogP contribution in [0.25, 0.3) is 0 Å². The number of fused-ring (bicyclic) bond motifs is 1. The van der Waals surface area contributed by atoms with Gasteiger partial charge in [0.15, 0.2) is 12.4 Å². The molecule has 29 heavy (non-hydrogen) atoms. The van der Waals surface area contributed by atoms with Crippen LogP contribution in [0, 0.1) is 5.92 Å². The third-order valence-corrected chi connectivity index (χ3v) is 5.47. The molecule has 2 aromatic rings. The van der Waals surface area contributed by atoms with Crippen LogP contribution in [0.5, 0.6) is 5.75 Å². The number of carbonyl (C=O) groups excluding carboxylic acids is 3. The number of carbonyl (C=O) groups is 3. The average Bonchev–Trinajstić information content (AvgIpc) is 3.28. The molecule has 0 aliphatic carbocycles. The summed E-state index contributed by atoms with van der Waals surface area (Å²) >= 11 is 0. The Morgan fingerprint density at radius 1 is 1.31 bits per heavy atom. The van der Waals surface area contributed by atoms with Gasteiger partial charge < -0.3 is 15.0 Å². The van der Waals surface area contributed by atoms with E-state index in [1.54, 1.807) is 29.2 Å². The number of likely N-dealkylation sites (tertiary alicyclic amines) is 1. The Bertz CT molecular complexity index is 919. The second kappa shape index (κ2) is 8.02. The van der Waals surface area contributed by atoms with Gasteiger partial charge in [0.2, 0.25) is 5.91 Å². The summed E-state index contributed by atoms with van der Waals surface area (Å²) in [6, 6.07) is 5.06. The van der Waals surface area contributed by atoms with Gasteiger partial charge in [0, 0.05) is 31.0 Å². The van der Waals surface area contributed by atoms with Crippen molar-refractivity contribution < 1.29 is 19.1 Å². The van der Waals surface area contributed by atoms with E-state index in [4.69, 9.17) is 4.74 Å². The lowest BCUT2D eigenvalue weighted by Gasteiger charge is -2.32. The molecule has 1 aromatic carbocycles. The van der Waals surface area contributed by atoms with Crippen LogP contribution in [-0.2, 0) is 9.59 Å². The number of nitrogens with one attached hydrogen (secondary N) is 1. The number of ketones is 1. The number of amides is 2. The maximum Gasteiger partial charge on any atom is 0.262 e. The summed E-state index contributed by atoms with van der Waals surface area (Å²) in [7, 11) is 0. The van der Waals surface area contributed by atoms with E-state index in [2.05, 4.69) is 15.4 Å². The standard InChI is InChI=1S/C20H23N5O4/c1-13(25-12-21-11-22-25)8-19(27)24-6-4-14(5-7-24)20(28)15-2-3-17-16(9-15)23-18(26)10-29-17/h2-3,9,11-14H,4-8,10H2,1H3,(H,23,26). The van der Waals surface area contributed by atoms with E-state index in [1.807, 2.05) is 11.8 Å². The van der Waals surface area contributed by atoms with Crippen LogP contribution in [0.3, 0.4) is 0 Å². The Morgan fingerprint density at radius 2 is 2.10 bits per heavy atom. The van der Waals surface area contributed by atoms with Gasteiger partial charge in [-0.2, -0.15) is 5.10 Å². The van der Waals surface area contributed by atoms with Crippen molar-refractivity contribution in [1.82, 2.24) is 19.7 Å². The van der Waals surface area contributed by atoms with Crippen molar-refractivity contribution >= 4 is 23.3 Å². The molecule has 9 nitrogen and oxygen atoms in total. The highest BCUT2D eigenvalue weighted by Crippen LogP contribution is 2.31. The number of ether oxygens (including phenoxy) is 1. The first-order valence-electron chi connectivity index (χ1n) is 9.74. The van der Waals surface area contributed by atoms with Crippen molar-refractivity contribution in [1.29, 1.82) is 0 Å². The molecule has 0 radical (unpaired) electrons. The number of piperidine rings is 1. The van der Waals surface area contributed by atoms with E-state index in [0.29, 0.717) is 49.4 Å². The summed E-state index contributed by atoms with van der Waals surface area (Å²) in [5.41, 5.74) is 1.08. The number of Topliss-reactive ketones (excluding diaryl/α,β-unsaturated/α-hetero) is 1. The second-order valence-electron chi connectivity index (χ2n) is 7.50. The molecular weight excluding hydrogens is 374 g/mol. The number of hydrogen-bond acceptors (Lipinski definition) is 6. The molecule has 0 spiro atoms. The number of nitrogens with zero attached hydrogens (tertiary/aromatic N) is 4. The van der Waals surface area contributed by atoms with Gasteiger partial charge >= 0.3 is 0 Å². The molecule has 1 fully saturated rings. The maximum atomic E-state index is 12.9. The van der Waals surface area contributed by atoms with Crippen molar-refractivity contribution in [3.8, 4) is 5.75 Å². The van der Waals surface area contributed by atoms with Gasteiger partial charge in [0.1, 0.15) is 18.4 Å². The molecule has 4 rings (SSSR count). The predicted molar refractivity (Wildman–Crippen MR) is 104 cm³/mol. The minimum atomic E-state index is -0.228. The largest absolute Gasteiger partial charge is 0.482 e. The van der Waals surface area contributed by atoms with Crippen LogP contribution in [0.2, 0.25) is 0 Å². The molecule has 2 aliphatic heterocycles. The van der Waals surface area contributed by atoms with Crippen molar-refractivity contribution in [2.75, 3.05) is 25.0 Å². The van der Waals surface area contributed by atoms with Crippen molar-refractivity contribution in [3.05, 3.63) is 36.4 Å². The summed E-state index contributed by atoms with van der Waals surface area (Å²) in [5.74, 6) is 0.311. The summed E-state index contributed by atoms with van der Waals surface area (Å²) in [4.78, 5) is 42.7. The monoisotopic (exact) mass is 397 g/mol. The topological polar surface area (TPSA) is 106 Å². The molecule has 1 unspecified atom stereocenters. The van der Waals surface area contributed by atoms with Crippen molar-refractivity contribution in [2.45, 2.75) is 32.2 Å². The predicted octanol–water partition coefficient (Wildman–Crippen LogP) is 1.68. The van der Waals surface area contributed by atoms with Gasteiger partial charge in [-0.25, -0.2) is 9.67 Å². The quantitative estimate of drug-likeness (QED) is 0.770. The number of aromatic nitrogens is 3. The summed E-state index contributed by atoms with van der Waals surface area (Å²) in [6.07, 6.45) is 4.67. The van der Waals surface area contributed by atoms with Crippen LogP contribution in [0.4, 0.5) is 5.69 Å². The average molecular weight is 397 g/mol. The van der Waals surface area contributed by atoms with Crippen molar-refractivity contribution in [3.63, 3.8) is 0 Å². The molecule has 1 atom stereocenters. The fourth-order valence-corrected chi connectivity index (χ4v) is 3.78. The zero-order chi connectivity index (χ0) is 20.4. The first-order valence-corrected chi connectivity index (χ1v) is 9.74. The summed E-state index contributed by atoms with van der Waals surface area (Å²) in [5, 5.41) is 6.80. The molecule has 0 saturated carbocycles. The lowest BCUT2D eigenvalue weighted by molar-refractivity contribution is -0.133. The fraction of sp³-hybridized carbons (Fsp3) is 0.450. The van der Waals surface area contributed by atoms with Crippen LogP contribution >= 0.6 is 0 Å². The summed E-state index contributed by atoms with van der Waals surface area (Å²) < 4.78 is 7.01. The molecule has 1 saturated heterocycles. The van der Waals surface area contributed by atoms with Crippen LogP contribution < -0.4 is 10.1 Å². The zero-order valence-corrected chi connectivity index (χ0v) is 16.2. The van der Waals surface area contributed by atoms with E-state index < -0.39 is 0 Å². The van der Waals surface area contributed by atoms with E-state index in [0.717, 1.165) is 0 Å². The third kappa shape index (κ3) is 4.13. The van der Waals surface area contributed by atoms with Gasteiger partial charge in [-0.15, -0.1) is 0 Å². The third-order valence-electron chi connectivity index (χ3n) is 5.47. The van der Waals surface area contributed by atoms with Gasteiger partial charge in [-0.3, -0.25) is 14.4 Å². The molecule has 1 N–H and O–H groups in total. The highest BCUT2D eigenvalue weighted by Gasteiger charge is 2.29. The maximum absolute atomic E-state index is 12.9. The first-order chi connectivity index (χ1) is 14.0. The highest BCUT2D eigenvalue weighted by atomic mass is 16.5. The second-order valence-corrected chi connectivity index (χ2v) is 7.50. The van der Waals surface area contributed by atoms with Crippen LogP contribution in [-0.4, -0.2) is 57.0 Å². The molecule has 2 amide bonds. The molecule has 9 heteroatoms. The molecule has 2 aliphatic rings. The Hall–Kier alpha value is -3.23.